The van der Waals surface area contributed by atoms with Crippen LogP contribution in [0.15, 0.2) is 6.07 Å². The van der Waals surface area contributed by atoms with E-state index >= 15 is 0 Å². The standard InChI is InChI=1S/C9H11N5O2/c1-4-3-5(8(15)16-2)12-7-6(10)13-9(11)14(4)7/h3H,10H2,1-2H3,(H2,11,13). The van der Waals surface area contributed by atoms with Crippen LogP contribution in [-0.4, -0.2) is 27.4 Å². The lowest BCUT2D eigenvalue weighted by atomic mass is 10.3. The number of nitrogen functional groups attached to an aromatic ring is 2. The summed E-state index contributed by atoms with van der Waals surface area (Å²) in [5, 5.41) is 0. The molecule has 0 aliphatic carbocycles. The highest BCUT2D eigenvalue weighted by Crippen LogP contribution is 2.18. The van der Waals surface area contributed by atoms with Gasteiger partial charge >= 0.3 is 5.97 Å². The van der Waals surface area contributed by atoms with Crippen molar-refractivity contribution in [1.82, 2.24) is 14.4 Å². The van der Waals surface area contributed by atoms with Crippen LogP contribution in [0.3, 0.4) is 0 Å². The predicted molar refractivity (Wildman–Crippen MR) is 57.9 cm³/mol. The van der Waals surface area contributed by atoms with E-state index in [-0.39, 0.29) is 17.5 Å². The van der Waals surface area contributed by atoms with Gasteiger partial charge in [-0.3, -0.25) is 4.40 Å². The number of rotatable bonds is 1. The number of aryl methyl sites for hydroxylation is 1. The van der Waals surface area contributed by atoms with E-state index < -0.39 is 5.97 Å². The Balaban J connectivity index is 2.76. The second kappa shape index (κ2) is 3.37. The number of nitrogens with two attached hydrogens (primary N) is 2. The first-order valence-electron chi connectivity index (χ1n) is 4.54. The Bertz CT molecular complexity index is 575. The third kappa shape index (κ3) is 1.33. The fourth-order valence-electron chi connectivity index (χ4n) is 1.52. The quantitative estimate of drug-likeness (QED) is 0.655. The predicted octanol–water partition coefficient (Wildman–Crippen LogP) is -0.0113. The van der Waals surface area contributed by atoms with Crippen LogP contribution in [-0.2, 0) is 4.74 Å². The molecule has 16 heavy (non-hydrogen) atoms. The summed E-state index contributed by atoms with van der Waals surface area (Å²) in [6.07, 6.45) is 0. The normalized spacial score (nSPS) is 10.6. The third-order valence-electron chi connectivity index (χ3n) is 2.22. The summed E-state index contributed by atoms with van der Waals surface area (Å²) in [7, 11) is 1.29. The van der Waals surface area contributed by atoms with Crippen LogP contribution in [0.25, 0.3) is 5.65 Å². The summed E-state index contributed by atoms with van der Waals surface area (Å²) in [4.78, 5) is 19.3. The number of hydrogen-bond acceptors (Lipinski definition) is 6. The van der Waals surface area contributed by atoms with Crippen molar-refractivity contribution in [3.05, 3.63) is 17.5 Å². The monoisotopic (exact) mass is 221 g/mol. The number of nitrogens with zero attached hydrogens (tertiary/aromatic N) is 3. The first-order chi connectivity index (χ1) is 7.54. The molecule has 0 saturated heterocycles. The Morgan fingerprint density at radius 2 is 2.12 bits per heavy atom. The zero-order valence-electron chi connectivity index (χ0n) is 8.89. The average Bonchev–Trinajstić information content (AvgIpc) is 2.53. The van der Waals surface area contributed by atoms with Crippen molar-refractivity contribution in [3.63, 3.8) is 0 Å². The fourth-order valence-corrected chi connectivity index (χ4v) is 1.52. The molecule has 84 valence electrons. The minimum Gasteiger partial charge on any atom is -0.464 e. The van der Waals surface area contributed by atoms with Crippen LogP contribution >= 0.6 is 0 Å². The SMILES string of the molecule is COC(=O)c1cc(C)n2c(N)nc(N)c2n1. The number of fused-ring (bicyclic) bond motifs is 1. The highest BCUT2D eigenvalue weighted by atomic mass is 16.5. The zero-order chi connectivity index (χ0) is 11.9. The van der Waals surface area contributed by atoms with Gasteiger partial charge in [-0.05, 0) is 13.0 Å². The number of hydrogen-bond donors (Lipinski definition) is 2. The molecule has 0 bridgehead atoms. The van der Waals surface area contributed by atoms with Gasteiger partial charge in [0.15, 0.2) is 17.2 Å². The number of anilines is 2. The maximum Gasteiger partial charge on any atom is 0.356 e. The average molecular weight is 221 g/mol. The Labute approximate surface area is 91.0 Å². The summed E-state index contributed by atoms with van der Waals surface area (Å²) in [5.74, 6) is -0.0926. The highest BCUT2D eigenvalue weighted by molar-refractivity contribution is 5.88. The molecule has 0 aliphatic rings. The van der Waals surface area contributed by atoms with Gasteiger partial charge in [0.25, 0.3) is 0 Å². The molecule has 0 aromatic carbocycles. The van der Waals surface area contributed by atoms with Gasteiger partial charge in [-0.25, -0.2) is 9.78 Å². The van der Waals surface area contributed by atoms with Gasteiger partial charge in [0.2, 0.25) is 5.95 Å². The number of methoxy groups -OCH3 is 1. The first kappa shape index (κ1) is 10.2. The Morgan fingerprint density at radius 1 is 1.44 bits per heavy atom. The van der Waals surface area contributed by atoms with Crippen molar-refractivity contribution >= 4 is 23.4 Å². The molecule has 0 fully saturated rings. The van der Waals surface area contributed by atoms with Gasteiger partial charge in [-0.2, -0.15) is 4.98 Å². The van der Waals surface area contributed by atoms with Gasteiger partial charge in [-0.15, -0.1) is 0 Å². The van der Waals surface area contributed by atoms with Gasteiger partial charge in [0.1, 0.15) is 0 Å². The largest absolute Gasteiger partial charge is 0.464 e. The molecular formula is C9H11N5O2. The maximum absolute atomic E-state index is 11.3. The van der Waals surface area contributed by atoms with Gasteiger partial charge < -0.3 is 16.2 Å². The van der Waals surface area contributed by atoms with Crippen LogP contribution in [0.2, 0.25) is 0 Å². The molecule has 7 heteroatoms. The second-order valence-corrected chi connectivity index (χ2v) is 3.29. The number of carbonyl (C=O) groups excluding carboxylic acids is 1. The van der Waals surface area contributed by atoms with Gasteiger partial charge in [0, 0.05) is 5.69 Å². The van der Waals surface area contributed by atoms with E-state index in [0.29, 0.717) is 11.3 Å². The number of esters is 1. The molecule has 0 saturated carbocycles. The molecule has 0 radical (unpaired) electrons. The lowest BCUT2D eigenvalue weighted by Crippen LogP contribution is -2.08. The van der Waals surface area contributed by atoms with E-state index in [0.717, 1.165) is 0 Å². The van der Waals surface area contributed by atoms with Crippen LogP contribution in [0.5, 0.6) is 0 Å². The van der Waals surface area contributed by atoms with E-state index in [9.17, 15) is 4.79 Å². The lowest BCUT2D eigenvalue weighted by molar-refractivity contribution is 0.0594. The molecule has 0 unspecified atom stereocenters. The maximum atomic E-state index is 11.3. The summed E-state index contributed by atoms with van der Waals surface area (Å²) in [6.45, 7) is 1.78. The molecule has 0 atom stereocenters. The Kier molecular flexibility index (Phi) is 2.15. The second-order valence-electron chi connectivity index (χ2n) is 3.29. The van der Waals surface area contributed by atoms with Crippen LogP contribution in [0.1, 0.15) is 16.2 Å². The minimum atomic E-state index is -0.523. The van der Waals surface area contributed by atoms with E-state index in [2.05, 4.69) is 14.7 Å². The molecule has 0 amide bonds. The van der Waals surface area contributed by atoms with Gasteiger partial charge in [0.05, 0.1) is 7.11 Å². The van der Waals surface area contributed by atoms with E-state index in [1.165, 1.54) is 7.11 Å². The van der Waals surface area contributed by atoms with Crippen molar-refractivity contribution in [2.45, 2.75) is 6.92 Å². The fraction of sp³-hybridized carbons (Fsp3) is 0.222. The molecule has 7 nitrogen and oxygen atoms in total. The Morgan fingerprint density at radius 3 is 2.75 bits per heavy atom. The molecular weight excluding hydrogens is 210 g/mol. The van der Waals surface area contributed by atoms with Crippen molar-refractivity contribution in [2.75, 3.05) is 18.6 Å². The first-order valence-corrected chi connectivity index (χ1v) is 4.54. The molecule has 2 rings (SSSR count). The zero-order valence-corrected chi connectivity index (χ0v) is 8.89. The van der Waals surface area contributed by atoms with E-state index in [1.807, 2.05) is 0 Å². The smallest absolute Gasteiger partial charge is 0.356 e. The number of imidazole rings is 1. The van der Waals surface area contributed by atoms with E-state index in [1.54, 1.807) is 17.4 Å². The molecule has 0 aliphatic heterocycles. The summed E-state index contributed by atoms with van der Waals surface area (Å²) in [6, 6.07) is 1.57. The van der Waals surface area contributed by atoms with Crippen molar-refractivity contribution in [1.29, 1.82) is 0 Å². The van der Waals surface area contributed by atoms with Crippen LogP contribution < -0.4 is 11.5 Å². The van der Waals surface area contributed by atoms with Crippen molar-refractivity contribution < 1.29 is 9.53 Å². The molecule has 4 N–H and O–H groups in total. The summed E-state index contributed by atoms with van der Waals surface area (Å²) >= 11 is 0. The van der Waals surface area contributed by atoms with E-state index in [4.69, 9.17) is 11.5 Å². The number of ether oxygens (including phenoxy) is 1. The third-order valence-corrected chi connectivity index (χ3v) is 2.22. The molecule has 0 spiro atoms. The van der Waals surface area contributed by atoms with Crippen LogP contribution in [0, 0.1) is 6.92 Å². The van der Waals surface area contributed by atoms with Crippen LogP contribution in [0.4, 0.5) is 11.8 Å². The molecule has 2 aromatic rings. The topological polar surface area (TPSA) is 109 Å². The molecule has 2 heterocycles. The number of carbonyl (C=O) groups is 1. The lowest BCUT2D eigenvalue weighted by Gasteiger charge is -2.04. The van der Waals surface area contributed by atoms with Gasteiger partial charge in [-0.1, -0.05) is 0 Å². The molecule has 2 aromatic heterocycles. The summed E-state index contributed by atoms with van der Waals surface area (Å²) < 4.78 is 6.15. The Hall–Kier alpha value is -2.31. The van der Waals surface area contributed by atoms with Crippen molar-refractivity contribution in [3.8, 4) is 0 Å². The summed E-state index contributed by atoms with van der Waals surface area (Å²) in [5.41, 5.74) is 12.5. The highest BCUT2D eigenvalue weighted by Gasteiger charge is 2.15. The minimum absolute atomic E-state index is 0.180. The number of aromatic nitrogens is 3. The van der Waals surface area contributed by atoms with Crippen molar-refractivity contribution in [2.24, 2.45) is 0 Å².